The van der Waals surface area contributed by atoms with Crippen molar-refractivity contribution in [1.29, 1.82) is 0 Å². The topological polar surface area (TPSA) is 117 Å². The first-order chi connectivity index (χ1) is 14.5. The lowest BCUT2D eigenvalue weighted by Gasteiger charge is -2.16. The third-order valence-electron chi connectivity index (χ3n) is 4.97. The summed E-state index contributed by atoms with van der Waals surface area (Å²) in [7, 11) is 0. The largest absolute Gasteiger partial charge is 0.478 e. The minimum absolute atomic E-state index is 0.0600. The number of aromatic carboxylic acids is 1. The fourth-order valence-corrected chi connectivity index (χ4v) is 3.43. The minimum atomic E-state index is -0.863. The van der Waals surface area contributed by atoms with Crippen LogP contribution in [-0.2, 0) is 25.7 Å². The lowest BCUT2D eigenvalue weighted by Crippen LogP contribution is -2.32. The Morgan fingerprint density at radius 1 is 1.17 bits per heavy atom. The zero-order chi connectivity index (χ0) is 21.5. The molecule has 0 amide bonds. The molecule has 8 heteroatoms. The number of carbonyl (C=O) groups is 2. The zero-order valence-electron chi connectivity index (χ0n) is 16.7. The number of benzene rings is 2. The first-order valence-electron chi connectivity index (χ1n) is 9.63. The van der Waals surface area contributed by atoms with Gasteiger partial charge in [-0.2, -0.15) is 0 Å². The van der Waals surface area contributed by atoms with Crippen LogP contribution in [0.1, 0.15) is 38.3 Å². The third-order valence-corrected chi connectivity index (χ3v) is 4.97. The van der Waals surface area contributed by atoms with Crippen molar-refractivity contribution in [3.63, 3.8) is 0 Å². The van der Waals surface area contributed by atoms with Gasteiger partial charge in [-0.15, -0.1) is 0 Å². The number of carbonyl (C=O) groups excluding carboxylic acids is 1. The Morgan fingerprint density at radius 3 is 2.67 bits per heavy atom. The van der Waals surface area contributed by atoms with Crippen molar-refractivity contribution < 1.29 is 33.7 Å². The van der Waals surface area contributed by atoms with Crippen LogP contribution in [0.3, 0.4) is 0 Å². The average Bonchev–Trinajstić information content (AvgIpc) is 3.34. The van der Waals surface area contributed by atoms with E-state index in [9.17, 15) is 9.59 Å². The molecule has 2 saturated heterocycles. The maximum atomic E-state index is 12.1. The van der Waals surface area contributed by atoms with Gasteiger partial charge in [-0.1, -0.05) is 30.3 Å². The molecule has 0 spiro atoms. The van der Waals surface area contributed by atoms with E-state index in [-0.39, 0.29) is 30.9 Å². The fourth-order valence-electron chi connectivity index (χ4n) is 3.43. The van der Waals surface area contributed by atoms with Crippen LogP contribution >= 0.6 is 0 Å². The number of rotatable bonds is 5. The first-order valence-corrected chi connectivity index (χ1v) is 9.63. The maximum absolute atomic E-state index is 12.1. The smallest absolute Gasteiger partial charge is 0.338 e. The zero-order valence-corrected chi connectivity index (χ0v) is 16.7. The van der Waals surface area contributed by atoms with E-state index in [1.54, 1.807) is 43.3 Å². The van der Waals surface area contributed by atoms with E-state index in [1.165, 1.54) is 0 Å². The van der Waals surface area contributed by atoms with E-state index in [2.05, 4.69) is 4.84 Å². The number of carboxylic acids is 1. The summed E-state index contributed by atoms with van der Waals surface area (Å²) in [5, 5.41) is 8.57. The number of ether oxygens (including phenoxy) is 3. The van der Waals surface area contributed by atoms with Crippen molar-refractivity contribution in [3.8, 4) is 0 Å². The van der Waals surface area contributed by atoms with Gasteiger partial charge in [0.05, 0.1) is 30.4 Å². The predicted molar refractivity (Wildman–Crippen MR) is 107 cm³/mol. The van der Waals surface area contributed by atoms with E-state index in [1.807, 2.05) is 12.1 Å². The Morgan fingerprint density at radius 2 is 1.97 bits per heavy atom. The number of carboxylic acid groups (broad SMARTS) is 1. The van der Waals surface area contributed by atoms with Crippen molar-refractivity contribution in [1.82, 2.24) is 0 Å². The van der Waals surface area contributed by atoms with Gasteiger partial charge in [-0.3, -0.25) is 4.84 Å². The van der Waals surface area contributed by atoms with Gasteiger partial charge in [0, 0.05) is 6.61 Å². The molecule has 30 heavy (non-hydrogen) atoms. The van der Waals surface area contributed by atoms with E-state index in [4.69, 9.17) is 25.2 Å². The third kappa shape index (κ3) is 5.43. The van der Waals surface area contributed by atoms with Gasteiger partial charge >= 0.3 is 11.9 Å². The Bertz CT molecular complexity index is 885. The molecule has 4 rings (SSSR count). The van der Waals surface area contributed by atoms with Gasteiger partial charge < -0.3 is 19.3 Å². The molecule has 0 radical (unpaired) electrons. The molecule has 0 aliphatic carbocycles. The summed E-state index contributed by atoms with van der Waals surface area (Å²) in [4.78, 5) is 27.1. The van der Waals surface area contributed by atoms with Crippen LogP contribution in [0.15, 0.2) is 48.5 Å². The molecule has 1 unspecified atom stereocenters. The average molecular weight is 415 g/mol. The van der Waals surface area contributed by atoms with Crippen LogP contribution < -0.4 is 5.90 Å². The minimum Gasteiger partial charge on any atom is -0.478 e. The summed E-state index contributed by atoms with van der Waals surface area (Å²) in [6.07, 6.45) is 0.464. The molecule has 0 saturated carbocycles. The van der Waals surface area contributed by atoms with E-state index in [0.717, 1.165) is 17.5 Å². The molecule has 2 aliphatic heterocycles. The predicted octanol–water partition coefficient (Wildman–Crippen LogP) is 2.48. The first kappa shape index (κ1) is 21.9. The summed E-state index contributed by atoms with van der Waals surface area (Å²) in [6, 6.07) is 13.9. The quantitative estimate of drug-likeness (QED) is 0.565. The number of hydrogen-bond acceptors (Lipinski definition) is 7. The number of hydrogen-bond donors (Lipinski definition) is 2. The van der Waals surface area contributed by atoms with Gasteiger partial charge in [0.1, 0.15) is 6.10 Å². The molecule has 2 aromatic carbocycles. The van der Waals surface area contributed by atoms with Crippen LogP contribution in [0.4, 0.5) is 0 Å². The molecule has 160 valence electrons. The van der Waals surface area contributed by atoms with E-state index < -0.39 is 5.97 Å². The summed E-state index contributed by atoms with van der Waals surface area (Å²) in [6.45, 7) is 3.09. The van der Waals surface area contributed by atoms with Gasteiger partial charge in [-0.25, -0.2) is 15.5 Å². The van der Waals surface area contributed by atoms with Gasteiger partial charge in [0.25, 0.3) is 0 Å². The van der Waals surface area contributed by atoms with Gasteiger partial charge in [0.15, 0.2) is 6.10 Å². The number of aryl methyl sites for hydroxylation is 1. The van der Waals surface area contributed by atoms with Crippen molar-refractivity contribution >= 4 is 11.9 Å². The summed E-state index contributed by atoms with van der Waals surface area (Å²) in [5.74, 6) is 3.78. The highest BCUT2D eigenvalue weighted by atomic mass is 16.6. The van der Waals surface area contributed by atoms with Crippen molar-refractivity contribution in [2.75, 3.05) is 13.2 Å². The highest BCUT2D eigenvalue weighted by molar-refractivity contribution is 5.90. The molecule has 2 fully saturated rings. The second-order valence-corrected chi connectivity index (χ2v) is 7.07. The Kier molecular flexibility index (Phi) is 7.53. The molecular formula is C22H25NO7. The van der Waals surface area contributed by atoms with E-state index in [0.29, 0.717) is 24.3 Å². The van der Waals surface area contributed by atoms with Crippen LogP contribution in [0.25, 0.3) is 0 Å². The number of esters is 1. The molecule has 2 heterocycles. The highest BCUT2D eigenvalue weighted by Gasteiger charge is 2.44. The Labute approximate surface area is 174 Å². The van der Waals surface area contributed by atoms with Crippen LogP contribution in [0.5, 0.6) is 0 Å². The van der Waals surface area contributed by atoms with Crippen molar-refractivity contribution in [3.05, 3.63) is 70.8 Å². The Hall–Kier alpha value is -2.78. The Balaban J connectivity index is 0.000000216. The van der Waals surface area contributed by atoms with Gasteiger partial charge in [0.2, 0.25) is 0 Å². The van der Waals surface area contributed by atoms with E-state index >= 15 is 0 Å². The van der Waals surface area contributed by atoms with Crippen LogP contribution in [0.2, 0.25) is 0 Å². The van der Waals surface area contributed by atoms with Crippen molar-refractivity contribution in [2.45, 2.75) is 38.3 Å². The van der Waals surface area contributed by atoms with Gasteiger partial charge in [-0.05, 0) is 42.7 Å². The summed E-state index contributed by atoms with van der Waals surface area (Å²) in [5.41, 5.74) is 2.47. The monoisotopic (exact) mass is 415 g/mol. The molecule has 2 aliphatic rings. The molecule has 0 aromatic heterocycles. The number of fused-ring (bicyclic) bond motifs is 1. The highest BCUT2D eigenvalue weighted by Crippen LogP contribution is 2.28. The normalized spacial score (nSPS) is 22.0. The van der Waals surface area contributed by atoms with Crippen LogP contribution in [0, 0.1) is 6.92 Å². The lowest BCUT2D eigenvalue weighted by molar-refractivity contribution is -0.0148. The second kappa shape index (κ2) is 10.3. The fraction of sp³-hybridized carbons (Fsp3) is 0.364. The molecule has 3 atom stereocenters. The SMILES string of the molecule is Cc1ccccc1C(=O)O.NOCc1cccc(C(=O)OC2CO[C@@H]3CCO[C@H]23)c1. The molecular weight excluding hydrogens is 390 g/mol. The maximum Gasteiger partial charge on any atom is 0.338 e. The molecule has 8 nitrogen and oxygen atoms in total. The molecule has 0 bridgehead atoms. The van der Waals surface area contributed by atoms with Crippen LogP contribution in [-0.4, -0.2) is 48.6 Å². The summed E-state index contributed by atoms with van der Waals surface area (Å²) >= 11 is 0. The molecule has 3 N–H and O–H groups in total. The van der Waals surface area contributed by atoms with Crippen molar-refractivity contribution in [2.24, 2.45) is 5.90 Å². The summed E-state index contributed by atoms with van der Waals surface area (Å²) < 4.78 is 16.6. The standard InChI is InChI=1S/C14H17NO5.C8H8O2/c15-19-7-9-2-1-3-10(6-9)14(16)20-12-8-18-11-4-5-17-13(11)12;1-6-4-2-3-5-7(6)8(9)10/h1-3,6,11-13H,4-5,7-8,15H2;2-5H,1H3,(H,9,10)/t11-,12?,13+;/m1./s1. The molecule has 2 aromatic rings. The lowest BCUT2D eigenvalue weighted by atomic mass is 10.1. The number of nitrogens with two attached hydrogens (primary N) is 1. The second-order valence-electron chi connectivity index (χ2n) is 7.07.